The lowest BCUT2D eigenvalue weighted by Crippen LogP contribution is -2.28. The molecular weight excluding hydrogens is 442 g/mol. The molecule has 0 N–H and O–H groups in total. The third-order valence-electron chi connectivity index (χ3n) is 4.82. The zero-order valence-corrected chi connectivity index (χ0v) is 18.9. The van der Waals surface area contributed by atoms with Gasteiger partial charge in [-0.1, -0.05) is 42.2 Å². The Bertz CT molecular complexity index is 1480. The van der Waals surface area contributed by atoms with Crippen molar-refractivity contribution in [2.24, 2.45) is 0 Å². The number of aromatic nitrogens is 3. The van der Waals surface area contributed by atoms with Crippen LogP contribution < -0.4 is 29.9 Å². The summed E-state index contributed by atoms with van der Waals surface area (Å²) >= 11 is 1.12. The summed E-state index contributed by atoms with van der Waals surface area (Å²) in [6.45, 7) is 4.04. The molecule has 9 heteroatoms. The third-order valence-corrected chi connectivity index (χ3v) is 5.77. The molecule has 2 aromatic heterocycles. The second-order valence-corrected chi connectivity index (χ2v) is 8.02. The molecule has 0 radical (unpaired) electrons. The van der Waals surface area contributed by atoms with Crippen LogP contribution in [0.1, 0.15) is 16.8 Å². The molecular formula is C24H21N3O5S. The fourth-order valence-corrected chi connectivity index (χ4v) is 4.11. The average Bonchev–Trinajstić information content (AvgIpc) is 3.12. The van der Waals surface area contributed by atoms with Crippen molar-refractivity contribution >= 4 is 22.4 Å². The Morgan fingerprint density at radius 2 is 1.82 bits per heavy atom. The van der Waals surface area contributed by atoms with Crippen LogP contribution >= 0.6 is 11.3 Å². The van der Waals surface area contributed by atoms with Gasteiger partial charge in [0.1, 0.15) is 18.1 Å². The Morgan fingerprint density at radius 1 is 1.06 bits per heavy atom. The van der Waals surface area contributed by atoms with E-state index in [0.29, 0.717) is 28.4 Å². The Morgan fingerprint density at radius 3 is 2.52 bits per heavy atom. The van der Waals surface area contributed by atoms with Crippen molar-refractivity contribution in [2.75, 3.05) is 20.8 Å². The van der Waals surface area contributed by atoms with E-state index in [-0.39, 0.29) is 22.6 Å². The zero-order chi connectivity index (χ0) is 23.4. The van der Waals surface area contributed by atoms with E-state index in [0.717, 1.165) is 22.5 Å². The smallest absolute Gasteiger partial charge is 0.296 e. The van der Waals surface area contributed by atoms with Gasteiger partial charge in [0, 0.05) is 6.42 Å². The summed E-state index contributed by atoms with van der Waals surface area (Å²) in [7, 11) is 3.09. The van der Waals surface area contributed by atoms with Gasteiger partial charge >= 0.3 is 0 Å². The molecule has 0 unspecified atom stereocenters. The number of ether oxygens (including phenoxy) is 3. The maximum atomic E-state index is 12.9. The van der Waals surface area contributed by atoms with Crippen LogP contribution in [0, 0.1) is 0 Å². The van der Waals surface area contributed by atoms with Crippen molar-refractivity contribution in [3.63, 3.8) is 0 Å². The van der Waals surface area contributed by atoms with Gasteiger partial charge in [-0.05, 0) is 41.5 Å². The number of rotatable bonds is 8. The van der Waals surface area contributed by atoms with Crippen LogP contribution in [-0.2, 0) is 6.42 Å². The number of hydrogen-bond acceptors (Lipinski definition) is 8. The molecule has 2 aromatic carbocycles. The van der Waals surface area contributed by atoms with Crippen molar-refractivity contribution in [1.29, 1.82) is 0 Å². The lowest BCUT2D eigenvalue weighted by atomic mass is 10.1. The predicted molar refractivity (Wildman–Crippen MR) is 127 cm³/mol. The fourth-order valence-electron chi connectivity index (χ4n) is 3.20. The van der Waals surface area contributed by atoms with Gasteiger partial charge in [-0.2, -0.15) is 14.6 Å². The van der Waals surface area contributed by atoms with Crippen molar-refractivity contribution < 1.29 is 14.2 Å². The quantitative estimate of drug-likeness (QED) is 0.370. The van der Waals surface area contributed by atoms with E-state index in [1.54, 1.807) is 31.4 Å². The molecule has 0 aliphatic rings. The molecule has 0 saturated heterocycles. The van der Waals surface area contributed by atoms with Crippen LogP contribution in [0.3, 0.4) is 0 Å². The first-order valence-corrected chi connectivity index (χ1v) is 10.8. The number of thiazole rings is 1. The summed E-state index contributed by atoms with van der Waals surface area (Å²) in [6.07, 6.45) is 3.61. The van der Waals surface area contributed by atoms with E-state index in [4.69, 9.17) is 14.2 Å². The summed E-state index contributed by atoms with van der Waals surface area (Å²) in [5, 5.41) is 4.30. The van der Waals surface area contributed by atoms with Crippen LogP contribution in [0.5, 0.6) is 17.2 Å². The number of benzene rings is 2. The van der Waals surface area contributed by atoms with E-state index in [1.165, 1.54) is 11.6 Å². The standard InChI is InChI=1S/C24H21N3O5S/c1-4-11-32-17-8-5-15(6-9-17)14-21-23(29)27-24(33-21)25-22(28)18(26-27)12-16-7-10-19(30-2)20(13-16)31-3/h4-10,13-14H,1,11-12H2,2-3H3. The highest BCUT2D eigenvalue weighted by Crippen LogP contribution is 2.28. The van der Waals surface area contributed by atoms with Crippen molar-refractivity contribution in [3.8, 4) is 17.2 Å². The molecule has 0 spiro atoms. The van der Waals surface area contributed by atoms with Crippen molar-refractivity contribution in [2.45, 2.75) is 6.42 Å². The van der Waals surface area contributed by atoms with Gasteiger partial charge in [-0.3, -0.25) is 9.59 Å². The lowest BCUT2D eigenvalue weighted by molar-refractivity contribution is 0.354. The first kappa shape index (κ1) is 22.2. The molecule has 8 nitrogen and oxygen atoms in total. The van der Waals surface area contributed by atoms with Crippen LogP contribution in [-0.4, -0.2) is 35.4 Å². The second-order valence-electron chi connectivity index (χ2n) is 7.01. The lowest BCUT2D eigenvalue weighted by Gasteiger charge is -2.09. The zero-order valence-electron chi connectivity index (χ0n) is 18.1. The molecule has 0 atom stereocenters. The SMILES string of the molecule is C=CCOc1ccc(C=c2sc3nc(=O)c(Cc4ccc(OC)c(OC)c4)nn3c2=O)cc1. The Hall–Kier alpha value is -3.98. The summed E-state index contributed by atoms with van der Waals surface area (Å²) in [6, 6.07) is 12.6. The molecule has 33 heavy (non-hydrogen) atoms. The monoisotopic (exact) mass is 463 g/mol. The maximum Gasteiger partial charge on any atom is 0.296 e. The first-order valence-electron chi connectivity index (χ1n) is 10.0. The van der Waals surface area contributed by atoms with Gasteiger partial charge in [-0.15, -0.1) is 0 Å². The minimum atomic E-state index is -0.471. The molecule has 0 aliphatic carbocycles. The van der Waals surface area contributed by atoms with Gasteiger partial charge < -0.3 is 14.2 Å². The Balaban J connectivity index is 1.68. The molecule has 0 saturated carbocycles. The van der Waals surface area contributed by atoms with Crippen molar-refractivity contribution in [1.82, 2.24) is 14.6 Å². The first-order chi connectivity index (χ1) is 16.0. The summed E-state index contributed by atoms with van der Waals surface area (Å²) in [4.78, 5) is 29.8. The topological polar surface area (TPSA) is 92.0 Å². The van der Waals surface area contributed by atoms with Gasteiger partial charge in [0.25, 0.3) is 11.1 Å². The summed E-state index contributed by atoms with van der Waals surface area (Å²) in [5.41, 5.74) is 0.972. The maximum absolute atomic E-state index is 12.9. The second kappa shape index (κ2) is 9.66. The van der Waals surface area contributed by atoms with Gasteiger partial charge in [-0.25, -0.2) is 0 Å². The van der Waals surface area contributed by atoms with Crippen LogP contribution in [0.25, 0.3) is 11.0 Å². The van der Waals surface area contributed by atoms with Crippen molar-refractivity contribution in [3.05, 3.63) is 97.2 Å². The normalized spacial score (nSPS) is 11.5. The van der Waals surface area contributed by atoms with Gasteiger partial charge in [0.2, 0.25) is 4.96 Å². The molecule has 0 aliphatic heterocycles. The average molecular weight is 464 g/mol. The van der Waals surface area contributed by atoms with E-state index in [9.17, 15) is 9.59 Å². The third kappa shape index (κ3) is 4.78. The Labute approximate surface area is 193 Å². The summed E-state index contributed by atoms with van der Waals surface area (Å²) in [5.74, 6) is 1.83. The molecule has 0 amide bonds. The number of methoxy groups -OCH3 is 2. The van der Waals surface area contributed by atoms with E-state index in [1.807, 2.05) is 30.3 Å². The number of hydrogen-bond donors (Lipinski definition) is 0. The number of fused-ring (bicyclic) bond motifs is 1. The van der Waals surface area contributed by atoms with E-state index < -0.39 is 5.56 Å². The predicted octanol–water partition coefficient (Wildman–Crippen LogP) is 2.23. The minimum Gasteiger partial charge on any atom is -0.493 e. The molecule has 4 rings (SSSR count). The van der Waals surface area contributed by atoms with E-state index >= 15 is 0 Å². The summed E-state index contributed by atoms with van der Waals surface area (Å²) < 4.78 is 17.6. The molecule has 4 aromatic rings. The highest BCUT2D eigenvalue weighted by Gasteiger charge is 2.13. The van der Waals surface area contributed by atoms with Gasteiger partial charge in [0.15, 0.2) is 11.5 Å². The van der Waals surface area contributed by atoms with Crippen LogP contribution in [0.15, 0.2) is 64.7 Å². The molecule has 0 fully saturated rings. The van der Waals surface area contributed by atoms with Crippen LogP contribution in [0.4, 0.5) is 0 Å². The highest BCUT2D eigenvalue weighted by molar-refractivity contribution is 7.15. The number of nitrogens with zero attached hydrogens (tertiary/aromatic N) is 3. The Kier molecular flexibility index (Phi) is 6.50. The van der Waals surface area contributed by atoms with E-state index in [2.05, 4.69) is 16.7 Å². The fraction of sp³-hybridized carbons (Fsp3) is 0.167. The molecule has 2 heterocycles. The van der Waals surface area contributed by atoms with Crippen LogP contribution in [0.2, 0.25) is 0 Å². The largest absolute Gasteiger partial charge is 0.493 e. The molecule has 0 bridgehead atoms. The minimum absolute atomic E-state index is 0.171. The highest BCUT2D eigenvalue weighted by atomic mass is 32.1. The molecule has 168 valence electrons. The van der Waals surface area contributed by atoms with Gasteiger partial charge in [0.05, 0.1) is 18.8 Å².